The fourth-order valence-electron chi connectivity index (χ4n) is 1.02. The Hall–Kier alpha value is -2.06. The maximum absolute atomic E-state index is 11.2. The van der Waals surface area contributed by atoms with Gasteiger partial charge < -0.3 is 10.2 Å². The number of nitrogens with one attached hydrogen (secondary N) is 1. The lowest BCUT2D eigenvalue weighted by Crippen LogP contribution is -2.13. The van der Waals surface area contributed by atoms with Crippen LogP contribution in [0, 0.1) is 11.3 Å². The molecule has 0 heterocycles. The molecule has 14 heavy (non-hydrogen) atoms. The topological polar surface area (TPSA) is 88.1 Å². The van der Waals surface area contributed by atoms with Gasteiger partial charge in [0.2, 0.25) is 0 Å². The fraction of sp³-hybridized carbons (Fsp3) is 0.111. The van der Waals surface area contributed by atoms with E-state index in [-0.39, 0.29) is 5.56 Å². The zero-order chi connectivity index (χ0) is 10.6. The van der Waals surface area contributed by atoms with Gasteiger partial charge in [0.1, 0.15) is 0 Å². The molecule has 5 heteroatoms. The van der Waals surface area contributed by atoms with Crippen LogP contribution in [-0.4, -0.2) is 13.1 Å². The number of ether oxygens (including phenoxy) is 1. The van der Waals surface area contributed by atoms with Crippen LogP contribution in [-0.2, 0) is 4.74 Å². The highest BCUT2D eigenvalue weighted by Crippen LogP contribution is 2.16. The van der Waals surface area contributed by atoms with E-state index in [1.54, 1.807) is 12.1 Å². The predicted molar refractivity (Wildman–Crippen MR) is 50.3 cm³/mol. The Balaban J connectivity index is 3.23. The predicted octanol–water partition coefficient (Wildman–Crippen LogP) is 0.630. The van der Waals surface area contributed by atoms with Crippen molar-refractivity contribution in [3.8, 4) is 6.07 Å². The van der Waals surface area contributed by atoms with Gasteiger partial charge in [0, 0.05) is 0 Å². The van der Waals surface area contributed by atoms with Crippen molar-refractivity contribution in [3.63, 3.8) is 0 Å². The number of hydrogen-bond acceptors (Lipinski definition) is 5. The summed E-state index contributed by atoms with van der Waals surface area (Å²) in [5.74, 6) is 4.66. The van der Waals surface area contributed by atoms with Crippen molar-refractivity contribution in [1.29, 1.82) is 5.26 Å². The summed E-state index contributed by atoms with van der Waals surface area (Å²) in [6.45, 7) is 0. The Morgan fingerprint density at radius 3 is 2.86 bits per heavy atom. The van der Waals surface area contributed by atoms with Crippen LogP contribution in [0.5, 0.6) is 0 Å². The number of methoxy groups -OCH3 is 1. The second-order valence-electron chi connectivity index (χ2n) is 2.51. The van der Waals surface area contributed by atoms with Gasteiger partial charge >= 0.3 is 5.97 Å². The molecule has 3 N–H and O–H groups in total. The van der Waals surface area contributed by atoms with Gasteiger partial charge in [-0.15, -0.1) is 0 Å². The number of anilines is 1. The molecule has 0 aromatic heterocycles. The van der Waals surface area contributed by atoms with E-state index in [9.17, 15) is 4.79 Å². The lowest BCUT2D eigenvalue weighted by molar-refractivity contribution is 0.0602. The Labute approximate surface area is 81.1 Å². The molecule has 5 nitrogen and oxygen atoms in total. The molecular formula is C9H9N3O2. The summed E-state index contributed by atoms with van der Waals surface area (Å²) in [5, 5.41) is 8.63. The van der Waals surface area contributed by atoms with Crippen LogP contribution in [0.1, 0.15) is 15.9 Å². The van der Waals surface area contributed by atoms with Crippen molar-refractivity contribution in [1.82, 2.24) is 0 Å². The molecule has 0 spiro atoms. The van der Waals surface area contributed by atoms with Gasteiger partial charge in [-0.3, -0.25) is 5.84 Å². The molecule has 0 radical (unpaired) electrons. The summed E-state index contributed by atoms with van der Waals surface area (Å²) in [4.78, 5) is 11.2. The van der Waals surface area contributed by atoms with Gasteiger partial charge in [-0.1, -0.05) is 0 Å². The molecule has 1 aromatic rings. The van der Waals surface area contributed by atoms with E-state index in [1.807, 2.05) is 6.07 Å². The molecule has 0 saturated heterocycles. The van der Waals surface area contributed by atoms with E-state index in [2.05, 4.69) is 10.2 Å². The Morgan fingerprint density at radius 2 is 2.36 bits per heavy atom. The van der Waals surface area contributed by atoms with Crippen molar-refractivity contribution in [3.05, 3.63) is 29.3 Å². The molecule has 1 rings (SSSR count). The maximum atomic E-state index is 11.2. The monoisotopic (exact) mass is 191 g/mol. The summed E-state index contributed by atoms with van der Waals surface area (Å²) >= 11 is 0. The Kier molecular flexibility index (Phi) is 3.05. The van der Waals surface area contributed by atoms with E-state index in [0.717, 1.165) is 0 Å². The first-order valence-corrected chi connectivity index (χ1v) is 3.82. The summed E-state index contributed by atoms with van der Waals surface area (Å²) in [6, 6.07) is 6.44. The van der Waals surface area contributed by atoms with E-state index in [0.29, 0.717) is 11.3 Å². The molecule has 0 aliphatic carbocycles. The largest absolute Gasteiger partial charge is 0.465 e. The summed E-state index contributed by atoms with van der Waals surface area (Å²) in [6.07, 6.45) is 0. The SMILES string of the molecule is COC(=O)c1cc(C#N)ccc1NN. The zero-order valence-corrected chi connectivity index (χ0v) is 7.57. The number of carbonyl (C=O) groups excluding carboxylic acids is 1. The molecule has 0 fully saturated rings. The number of carbonyl (C=O) groups is 1. The third-order valence-corrected chi connectivity index (χ3v) is 1.71. The first-order valence-electron chi connectivity index (χ1n) is 3.82. The Bertz CT molecular complexity index is 396. The molecule has 0 atom stereocenters. The smallest absolute Gasteiger partial charge is 0.340 e. The molecule has 0 bridgehead atoms. The molecule has 0 unspecified atom stereocenters. The second-order valence-corrected chi connectivity index (χ2v) is 2.51. The number of nitrogens with two attached hydrogens (primary N) is 1. The van der Waals surface area contributed by atoms with Gasteiger partial charge in [0.15, 0.2) is 0 Å². The fourth-order valence-corrected chi connectivity index (χ4v) is 1.02. The Morgan fingerprint density at radius 1 is 1.64 bits per heavy atom. The highest BCUT2D eigenvalue weighted by molar-refractivity contribution is 5.95. The summed E-state index contributed by atoms with van der Waals surface area (Å²) < 4.78 is 4.53. The van der Waals surface area contributed by atoms with Crippen molar-refractivity contribution < 1.29 is 9.53 Å². The second kappa shape index (κ2) is 4.25. The lowest BCUT2D eigenvalue weighted by Gasteiger charge is -2.06. The number of nitrogens with zero attached hydrogens (tertiary/aromatic N) is 1. The van der Waals surface area contributed by atoms with Crippen LogP contribution in [0.3, 0.4) is 0 Å². The van der Waals surface area contributed by atoms with Crippen LogP contribution in [0.2, 0.25) is 0 Å². The van der Waals surface area contributed by atoms with E-state index in [1.165, 1.54) is 13.2 Å². The van der Waals surface area contributed by atoms with Crippen molar-refractivity contribution >= 4 is 11.7 Å². The van der Waals surface area contributed by atoms with Crippen molar-refractivity contribution in [2.75, 3.05) is 12.5 Å². The van der Waals surface area contributed by atoms with Crippen LogP contribution in [0.25, 0.3) is 0 Å². The minimum atomic E-state index is -0.532. The van der Waals surface area contributed by atoms with Crippen molar-refractivity contribution in [2.45, 2.75) is 0 Å². The molecule has 0 aliphatic rings. The minimum absolute atomic E-state index is 0.244. The maximum Gasteiger partial charge on any atom is 0.340 e. The van der Waals surface area contributed by atoms with Crippen LogP contribution >= 0.6 is 0 Å². The number of nitrogen functional groups attached to an aromatic ring is 1. The van der Waals surface area contributed by atoms with Crippen LogP contribution < -0.4 is 11.3 Å². The summed E-state index contributed by atoms with van der Waals surface area (Å²) in [7, 11) is 1.27. The molecule has 1 aromatic carbocycles. The quantitative estimate of drug-likeness (QED) is 0.406. The average molecular weight is 191 g/mol. The van der Waals surface area contributed by atoms with Crippen LogP contribution in [0.4, 0.5) is 5.69 Å². The van der Waals surface area contributed by atoms with Gasteiger partial charge in [-0.2, -0.15) is 5.26 Å². The molecular weight excluding hydrogens is 182 g/mol. The first kappa shape index (κ1) is 10.0. The number of esters is 1. The zero-order valence-electron chi connectivity index (χ0n) is 7.57. The minimum Gasteiger partial charge on any atom is -0.465 e. The van der Waals surface area contributed by atoms with E-state index >= 15 is 0 Å². The number of rotatable bonds is 2. The number of hydrazine groups is 1. The van der Waals surface area contributed by atoms with Crippen molar-refractivity contribution in [2.24, 2.45) is 5.84 Å². The number of nitriles is 1. The third-order valence-electron chi connectivity index (χ3n) is 1.71. The molecule has 0 aliphatic heterocycles. The molecule has 0 amide bonds. The standard InChI is InChI=1S/C9H9N3O2/c1-14-9(13)7-4-6(5-10)2-3-8(7)12-11/h2-4,12H,11H2,1H3. The molecule has 0 saturated carbocycles. The van der Waals surface area contributed by atoms with Gasteiger partial charge in [0.05, 0.1) is 30.0 Å². The number of benzene rings is 1. The normalized spacial score (nSPS) is 8.93. The van der Waals surface area contributed by atoms with Crippen LogP contribution in [0.15, 0.2) is 18.2 Å². The number of hydrogen-bond donors (Lipinski definition) is 2. The van der Waals surface area contributed by atoms with E-state index < -0.39 is 5.97 Å². The summed E-state index contributed by atoms with van der Waals surface area (Å²) in [5.41, 5.74) is 3.40. The highest BCUT2D eigenvalue weighted by atomic mass is 16.5. The molecule has 72 valence electrons. The first-order chi connectivity index (χ1) is 6.72. The highest BCUT2D eigenvalue weighted by Gasteiger charge is 2.11. The van der Waals surface area contributed by atoms with Gasteiger partial charge in [-0.05, 0) is 18.2 Å². The third kappa shape index (κ3) is 1.81. The lowest BCUT2D eigenvalue weighted by atomic mass is 10.1. The van der Waals surface area contributed by atoms with E-state index in [4.69, 9.17) is 11.1 Å². The average Bonchev–Trinajstić information content (AvgIpc) is 2.27. The van der Waals surface area contributed by atoms with Gasteiger partial charge in [0.25, 0.3) is 0 Å². The van der Waals surface area contributed by atoms with Gasteiger partial charge in [-0.25, -0.2) is 4.79 Å².